The second kappa shape index (κ2) is 5.70. The zero-order valence-electron chi connectivity index (χ0n) is 10.5. The van der Waals surface area contributed by atoms with Crippen molar-refractivity contribution in [3.05, 3.63) is 40.2 Å². The minimum absolute atomic E-state index is 0.115. The summed E-state index contributed by atoms with van der Waals surface area (Å²) >= 11 is 5.83. The van der Waals surface area contributed by atoms with E-state index in [1.807, 2.05) is 0 Å². The molecule has 7 nitrogen and oxygen atoms in total. The number of carbonyl (C=O) groups is 2. The Morgan fingerprint density at radius 3 is 2.90 bits per heavy atom. The number of benzene rings is 1. The molecule has 2 aromatic rings. The van der Waals surface area contributed by atoms with Crippen molar-refractivity contribution < 1.29 is 14.3 Å². The topological polar surface area (TPSA) is 111 Å². The van der Waals surface area contributed by atoms with Crippen LogP contribution in [0, 0.1) is 0 Å². The van der Waals surface area contributed by atoms with Crippen molar-refractivity contribution in [2.24, 2.45) is 0 Å². The Morgan fingerprint density at radius 2 is 2.20 bits per heavy atom. The van der Waals surface area contributed by atoms with Crippen LogP contribution < -0.4 is 5.73 Å². The van der Waals surface area contributed by atoms with Crippen LogP contribution in [0.15, 0.2) is 18.2 Å². The highest BCUT2D eigenvalue weighted by molar-refractivity contribution is 6.31. The molecule has 1 aromatic carbocycles. The average Bonchev–Trinajstić information content (AvgIpc) is 2.90. The first-order valence-electron chi connectivity index (χ1n) is 5.72. The van der Waals surface area contributed by atoms with Crippen molar-refractivity contribution in [2.45, 2.75) is 6.92 Å². The van der Waals surface area contributed by atoms with Gasteiger partial charge in [0.2, 0.25) is 5.78 Å². The number of aromatic nitrogens is 3. The fraction of sp³-hybridized carbons (Fsp3) is 0.167. The Hall–Kier alpha value is -2.41. The van der Waals surface area contributed by atoms with Gasteiger partial charge in [-0.3, -0.25) is 9.89 Å². The monoisotopic (exact) mass is 294 g/mol. The lowest BCUT2D eigenvalue weighted by Gasteiger charge is -2.04. The number of H-pyrrole nitrogens is 1. The molecule has 20 heavy (non-hydrogen) atoms. The van der Waals surface area contributed by atoms with Crippen LogP contribution in [-0.2, 0) is 4.74 Å². The van der Waals surface area contributed by atoms with Gasteiger partial charge in [-0.1, -0.05) is 16.8 Å². The molecule has 104 valence electrons. The number of halogens is 1. The fourth-order valence-corrected chi connectivity index (χ4v) is 1.76. The van der Waals surface area contributed by atoms with Crippen LogP contribution in [0.5, 0.6) is 0 Å². The van der Waals surface area contributed by atoms with Crippen molar-refractivity contribution >= 4 is 29.0 Å². The van der Waals surface area contributed by atoms with E-state index in [9.17, 15) is 9.59 Å². The lowest BCUT2D eigenvalue weighted by atomic mass is 10.1. The summed E-state index contributed by atoms with van der Waals surface area (Å²) in [5, 5.41) is 9.76. The maximum Gasteiger partial charge on any atom is 0.358 e. The number of nitrogens with one attached hydrogen (secondary N) is 1. The van der Waals surface area contributed by atoms with E-state index in [1.54, 1.807) is 13.0 Å². The maximum absolute atomic E-state index is 12.3. The molecule has 0 bridgehead atoms. The number of hydrogen-bond donors (Lipinski definition) is 2. The van der Waals surface area contributed by atoms with Crippen LogP contribution >= 0.6 is 11.6 Å². The molecule has 0 amide bonds. The standard InChI is InChI=1S/C12H11ClN4O3/c1-2-20-12(19)10-9(15-17-16-10)11(18)7-5-6(13)3-4-8(7)14/h3-5H,2,14H2,1H3,(H,15,16,17). The van der Waals surface area contributed by atoms with E-state index in [2.05, 4.69) is 15.4 Å². The molecular formula is C12H11ClN4O3. The van der Waals surface area contributed by atoms with Crippen LogP contribution in [0.4, 0.5) is 5.69 Å². The van der Waals surface area contributed by atoms with Crippen molar-refractivity contribution in [2.75, 3.05) is 12.3 Å². The van der Waals surface area contributed by atoms with Gasteiger partial charge >= 0.3 is 5.97 Å². The number of rotatable bonds is 4. The highest BCUT2D eigenvalue weighted by atomic mass is 35.5. The maximum atomic E-state index is 12.3. The minimum Gasteiger partial charge on any atom is -0.461 e. The first-order valence-corrected chi connectivity index (χ1v) is 6.10. The second-order valence-electron chi connectivity index (χ2n) is 3.82. The van der Waals surface area contributed by atoms with Gasteiger partial charge in [-0.05, 0) is 25.1 Å². The lowest BCUT2D eigenvalue weighted by Crippen LogP contribution is -2.13. The van der Waals surface area contributed by atoms with Gasteiger partial charge in [0.25, 0.3) is 0 Å². The van der Waals surface area contributed by atoms with E-state index < -0.39 is 11.8 Å². The normalized spacial score (nSPS) is 10.3. The molecule has 0 atom stereocenters. The number of nitrogen functional groups attached to an aromatic ring is 1. The van der Waals surface area contributed by atoms with Gasteiger partial charge in [-0.2, -0.15) is 0 Å². The van der Waals surface area contributed by atoms with Crippen LogP contribution in [0.1, 0.15) is 33.5 Å². The Labute approximate surface area is 119 Å². The smallest absolute Gasteiger partial charge is 0.358 e. The summed E-state index contributed by atoms with van der Waals surface area (Å²) in [5.74, 6) is -1.26. The van der Waals surface area contributed by atoms with Gasteiger partial charge in [0.05, 0.1) is 6.61 Å². The molecule has 8 heteroatoms. The number of ketones is 1. The molecule has 0 radical (unpaired) electrons. The van der Waals surface area contributed by atoms with Gasteiger partial charge in [0.1, 0.15) is 0 Å². The molecule has 0 fully saturated rings. The molecule has 3 N–H and O–H groups in total. The summed E-state index contributed by atoms with van der Waals surface area (Å²) in [6.45, 7) is 1.82. The van der Waals surface area contributed by atoms with Crippen LogP contribution in [-0.4, -0.2) is 33.8 Å². The largest absolute Gasteiger partial charge is 0.461 e. The molecule has 0 aliphatic heterocycles. The zero-order chi connectivity index (χ0) is 14.7. The number of hydrogen-bond acceptors (Lipinski definition) is 6. The molecule has 0 saturated heterocycles. The molecule has 0 spiro atoms. The Bertz CT molecular complexity index is 668. The third kappa shape index (κ3) is 2.62. The molecule has 0 saturated carbocycles. The van der Waals surface area contributed by atoms with Crippen LogP contribution in [0.25, 0.3) is 0 Å². The quantitative estimate of drug-likeness (QED) is 0.501. The lowest BCUT2D eigenvalue weighted by molar-refractivity contribution is 0.0516. The van der Waals surface area contributed by atoms with E-state index in [1.165, 1.54) is 12.1 Å². The van der Waals surface area contributed by atoms with Gasteiger partial charge in [0.15, 0.2) is 11.4 Å². The first-order chi connectivity index (χ1) is 9.54. The SMILES string of the molecule is CCOC(=O)c1[nH]nnc1C(=O)c1cc(Cl)ccc1N. The van der Waals surface area contributed by atoms with E-state index in [-0.39, 0.29) is 29.2 Å². The predicted molar refractivity (Wildman–Crippen MR) is 71.6 cm³/mol. The molecule has 2 rings (SSSR count). The summed E-state index contributed by atoms with van der Waals surface area (Å²) in [5.41, 5.74) is 5.84. The number of aromatic amines is 1. The van der Waals surface area contributed by atoms with E-state index in [0.717, 1.165) is 0 Å². The minimum atomic E-state index is -0.707. The molecule has 1 aromatic heterocycles. The summed E-state index contributed by atoms with van der Waals surface area (Å²) in [6, 6.07) is 4.46. The predicted octanol–water partition coefficient (Wildman–Crippen LogP) is 1.45. The highest BCUT2D eigenvalue weighted by Gasteiger charge is 2.25. The zero-order valence-corrected chi connectivity index (χ0v) is 11.3. The Morgan fingerprint density at radius 1 is 1.45 bits per heavy atom. The molecule has 0 aliphatic carbocycles. The third-order valence-electron chi connectivity index (χ3n) is 2.50. The van der Waals surface area contributed by atoms with E-state index >= 15 is 0 Å². The van der Waals surface area contributed by atoms with Gasteiger partial charge in [-0.15, -0.1) is 5.10 Å². The molecule has 0 unspecified atom stereocenters. The van der Waals surface area contributed by atoms with Crippen LogP contribution in [0.2, 0.25) is 5.02 Å². The van der Waals surface area contributed by atoms with Gasteiger partial charge < -0.3 is 10.5 Å². The number of nitrogens with two attached hydrogens (primary N) is 1. The molecule has 0 aliphatic rings. The van der Waals surface area contributed by atoms with E-state index in [0.29, 0.717) is 5.02 Å². The molecule has 1 heterocycles. The summed E-state index contributed by atoms with van der Waals surface area (Å²) in [4.78, 5) is 24.0. The number of carbonyl (C=O) groups excluding carboxylic acids is 2. The van der Waals surface area contributed by atoms with Gasteiger partial charge in [-0.25, -0.2) is 4.79 Å². The summed E-state index contributed by atoms with van der Waals surface area (Å²) in [6.07, 6.45) is 0. The second-order valence-corrected chi connectivity index (χ2v) is 4.25. The van der Waals surface area contributed by atoms with Crippen molar-refractivity contribution in [1.29, 1.82) is 0 Å². The highest BCUT2D eigenvalue weighted by Crippen LogP contribution is 2.21. The van der Waals surface area contributed by atoms with Crippen molar-refractivity contribution in [3.8, 4) is 0 Å². The number of anilines is 1. The van der Waals surface area contributed by atoms with Crippen molar-refractivity contribution in [3.63, 3.8) is 0 Å². The average molecular weight is 295 g/mol. The first kappa shape index (κ1) is 14.0. The van der Waals surface area contributed by atoms with Crippen LogP contribution in [0.3, 0.4) is 0 Å². The van der Waals surface area contributed by atoms with Crippen molar-refractivity contribution in [1.82, 2.24) is 15.4 Å². The van der Waals surface area contributed by atoms with E-state index in [4.69, 9.17) is 22.1 Å². The summed E-state index contributed by atoms with van der Waals surface area (Å²) in [7, 11) is 0. The van der Waals surface area contributed by atoms with Gasteiger partial charge in [0, 0.05) is 16.3 Å². The Balaban J connectivity index is 2.42. The number of ether oxygens (including phenoxy) is 1. The fourth-order valence-electron chi connectivity index (χ4n) is 1.59. The third-order valence-corrected chi connectivity index (χ3v) is 2.74. The molecular weight excluding hydrogens is 284 g/mol. The number of nitrogens with zero attached hydrogens (tertiary/aromatic N) is 2. The Kier molecular flexibility index (Phi) is 3.99. The number of esters is 1. The summed E-state index contributed by atoms with van der Waals surface area (Å²) < 4.78 is 4.81.